The van der Waals surface area contributed by atoms with E-state index in [1.165, 1.54) is 5.56 Å². The third-order valence-electron chi connectivity index (χ3n) is 3.48. The maximum atomic E-state index is 12.1. The standard InChI is InChI=1S/C18H20ClNOS/c1-13(15-8-10-17(19)11-9-15)20-18(21)12-22-14(2)16-6-4-3-5-7-16/h3-11,13-14H,12H2,1-2H3,(H,20,21)/t13-,14-/m0/s1. The minimum Gasteiger partial charge on any atom is -0.349 e. The van der Waals surface area contributed by atoms with Crippen molar-refractivity contribution >= 4 is 29.3 Å². The van der Waals surface area contributed by atoms with E-state index < -0.39 is 0 Å². The van der Waals surface area contributed by atoms with E-state index in [2.05, 4.69) is 24.4 Å². The van der Waals surface area contributed by atoms with Gasteiger partial charge in [0.2, 0.25) is 5.91 Å². The summed E-state index contributed by atoms with van der Waals surface area (Å²) >= 11 is 7.52. The highest BCUT2D eigenvalue weighted by atomic mass is 35.5. The maximum absolute atomic E-state index is 12.1. The van der Waals surface area contributed by atoms with Crippen LogP contribution in [0.2, 0.25) is 5.02 Å². The van der Waals surface area contributed by atoms with Crippen molar-refractivity contribution in [1.29, 1.82) is 0 Å². The van der Waals surface area contributed by atoms with Crippen LogP contribution in [0.4, 0.5) is 0 Å². The molecule has 0 aliphatic rings. The lowest BCUT2D eigenvalue weighted by molar-refractivity contribution is -0.119. The van der Waals surface area contributed by atoms with E-state index in [4.69, 9.17) is 11.6 Å². The summed E-state index contributed by atoms with van der Waals surface area (Å²) in [6.45, 7) is 4.10. The van der Waals surface area contributed by atoms with Gasteiger partial charge in [-0.15, -0.1) is 11.8 Å². The number of carbonyl (C=O) groups excluding carboxylic acids is 1. The average molecular weight is 334 g/mol. The molecule has 22 heavy (non-hydrogen) atoms. The van der Waals surface area contributed by atoms with Gasteiger partial charge in [0.15, 0.2) is 0 Å². The van der Waals surface area contributed by atoms with Crippen LogP contribution in [-0.4, -0.2) is 11.7 Å². The van der Waals surface area contributed by atoms with E-state index >= 15 is 0 Å². The first kappa shape index (κ1) is 16.9. The Morgan fingerprint density at radius 2 is 1.68 bits per heavy atom. The highest BCUT2D eigenvalue weighted by Gasteiger charge is 2.12. The fourth-order valence-electron chi connectivity index (χ4n) is 2.14. The Hall–Kier alpha value is -1.45. The zero-order chi connectivity index (χ0) is 15.9. The third kappa shape index (κ3) is 5.08. The van der Waals surface area contributed by atoms with Crippen molar-refractivity contribution in [2.24, 2.45) is 0 Å². The minimum atomic E-state index is -0.0163. The van der Waals surface area contributed by atoms with Gasteiger partial charge in [-0.05, 0) is 37.1 Å². The SMILES string of the molecule is C[C@H](NC(=O)CS[C@@H](C)c1ccccc1)c1ccc(Cl)cc1. The van der Waals surface area contributed by atoms with E-state index in [1.54, 1.807) is 11.8 Å². The van der Waals surface area contributed by atoms with Gasteiger partial charge in [0.1, 0.15) is 0 Å². The number of nitrogens with one attached hydrogen (secondary N) is 1. The number of carbonyl (C=O) groups is 1. The summed E-state index contributed by atoms with van der Waals surface area (Å²) in [6, 6.07) is 17.8. The average Bonchev–Trinajstić information content (AvgIpc) is 2.54. The van der Waals surface area contributed by atoms with Crippen molar-refractivity contribution < 1.29 is 4.79 Å². The van der Waals surface area contributed by atoms with Gasteiger partial charge in [0.05, 0.1) is 11.8 Å². The van der Waals surface area contributed by atoms with Gasteiger partial charge in [0, 0.05) is 10.3 Å². The normalized spacial score (nSPS) is 13.4. The molecule has 0 saturated heterocycles. The molecule has 2 aromatic carbocycles. The van der Waals surface area contributed by atoms with Crippen LogP contribution in [0.5, 0.6) is 0 Å². The second-order valence-corrected chi connectivity index (χ2v) is 6.97. The molecule has 2 atom stereocenters. The van der Waals surface area contributed by atoms with E-state index in [1.807, 2.05) is 49.4 Å². The van der Waals surface area contributed by atoms with Gasteiger partial charge in [-0.1, -0.05) is 54.1 Å². The number of hydrogen-bond donors (Lipinski definition) is 1. The molecule has 0 unspecified atom stereocenters. The Bertz CT molecular complexity index is 600. The molecule has 116 valence electrons. The molecule has 4 heteroatoms. The molecule has 2 aromatic rings. The molecule has 2 nitrogen and oxygen atoms in total. The molecule has 0 spiro atoms. The number of rotatable bonds is 6. The Labute approximate surface area is 141 Å². The molecule has 0 bridgehead atoms. The predicted octanol–water partition coefficient (Wildman–Crippen LogP) is 5.01. The minimum absolute atomic E-state index is 0.0163. The quantitative estimate of drug-likeness (QED) is 0.805. The van der Waals surface area contributed by atoms with Crippen LogP contribution in [0.15, 0.2) is 54.6 Å². The van der Waals surface area contributed by atoms with Gasteiger partial charge in [-0.3, -0.25) is 4.79 Å². The van der Waals surface area contributed by atoms with E-state index in [0.29, 0.717) is 16.0 Å². The molecular weight excluding hydrogens is 314 g/mol. The van der Waals surface area contributed by atoms with Crippen molar-refractivity contribution in [3.8, 4) is 0 Å². The summed E-state index contributed by atoms with van der Waals surface area (Å²) in [5.41, 5.74) is 2.30. The summed E-state index contributed by atoms with van der Waals surface area (Å²) in [4.78, 5) is 12.1. The topological polar surface area (TPSA) is 29.1 Å². The second kappa shape index (κ2) is 8.25. The Kier molecular flexibility index (Phi) is 6.34. The molecule has 0 saturated carbocycles. The van der Waals surface area contributed by atoms with Crippen LogP contribution in [0.25, 0.3) is 0 Å². The van der Waals surface area contributed by atoms with Crippen LogP contribution in [-0.2, 0) is 4.79 Å². The largest absolute Gasteiger partial charge is 0.349 e. The van der Waals surface area contributed by atoms with Crippen LogP contribution < -0.4 is 5.32 Å². The summed E-state index contributed by atoms with van der Waals surface area (Å²) < 4.78 is 0. The zero-order valence-electron chi connectivity index (χ0n) is 12.8. The highest BCUT2D eigenvalue weighted by Crippen LogP contribution is 2.27. The molecule has 0 aliphatic heterocycles. The molecule has 1 amide bonds. The smallest absolute Gasteiger partial charge is 0.230 e. The predicted molar refractivity (Wildman–Crippen MR) is 95.3 cm³/mol. The monoisotopic (exact) mass is 333 g/mol. The third-order valence-corrected chi connectivity index (χ3v) is 4.93. The van der Waals surface area contributed by atoms with Crippen molar-refractivity contribution in [3.05, 3.63) is 70.7 Å². The number of thioether (sulfide) groups is 1. The van der Waals surface area contributed by atoms with Gasteiger partial charge in [-0.25, -0.2) is 0 Å². The summed E-state index contributed by atoms with van der Waals surface area (Å²) in [6.07, 6.45) is 0. The van der Waals surface area contributed by atoms with Crippen molar-refractivity contribution in [2.75, 3.05) is 5.75 Å². The van der Waals surface area contributed by atoms with Gasteiger partial charge < -0.3 is 5.32 Å². The lowest BCUT2D eigenvalue weighted by atomic mass is 10.1. The van der Waals surface area contributed by atoms with E-state index in [-0.39, 0.29) is 11.9 Å². The molecule has 1 N–H and O–H groups in total. The van der Waals surface area contributed by atoms with Crippen LogP contribution in [0, 0.1) is 0 Å². The lowest BCUT2D eigenvalue weighted by Crippen LogP contribution is -2.28. The fourth-order valence-corrected chi connectivity index (χ4v) is 3.10. The molecule has 0 heterocycles. The Morgan fingerprint density at radius 1 is 1.05 bits per heavy atom. The summed E-state index contributed by atoms with van der Waals surface area (Å²) in [7, 11) is 0. The first-order chi connectivity index (χ1) is 10.6. The summed E-state index contributed by atoms with van der Waals surface area (Å²) in [5, 5.41) is 4.03. The first-order valence-corrected chi connectivity index (χ1v) is 8.70. The Balaban J connectivity index is 1.81. The maximum Gasteiger partial charge on any atom is 0.230 e. The van der Waals surface area contributed by atoms with Gasteiger partial charge in [0.25, 0.3) is 0 Å². The van der Waals surface area contributed by atoms with E-state index in [0.717, 1.165) is 5.56 Å². The number of hydrogen-bond acceptors (Lipinski definition) is 2. The molecular formula is C18H20ClNOS. The van der Waals surface area contributed by atoms with Crippen molar-refractivity contribution in [3.63, 3.8) is 0 Å². The number of halogens is 1. The van der Waals surface area contributed by atoms with Crippen molar-refractivity contribution in [2.45, 2.75) is 25.1 Å². The van der Waals surface area contributed by atoms with Crippen molar-refractivity contribution in [1.82, 2.24) is 5.32 Å². The molecule has 0 aromatic heterocycles. The molecule has 2 rings (SSSR count). The van der Waals surface area contributed by atoms with Crippen LogP contribution >= 0.6 is 23.4 Å². The second-order valence-electron chi connectivity index (χ2n) is 5.20. The molecule has 0 radical (unpaired) electrons. The highest BCUT2D eigenvalue weighted by molar-refractivity contribution is 8.00. The first-order valence-electron chi connectivity index (χ1n) is 7.27. The Morgan fingerprint density at radius 3 is 2.32 bits per heavy atom. The van der Waals surface area contributed by atoms with E-state index in [9.17, 15) is 4.79 Å². The summed E-state index contributed by atoms with van der Waals surface area (Å²) in [5.74, 6) is 0.504. The number of benzene rings is 2. The van der Waals surface area contributed by atoms with Crippen LogP contribution in [0.3, 0.4) is 0 Å². The molecule has 0 aliphatic carbocycles. The lowest BCUT2D eigenvalue weighted by Gasteiger charge is -2.16. The fraction of sp³-hybridized carbons (Fsp3) is 0.278. The van der Waals surface area contributed by atoms with Crippen LogP contribution in [0.1, 0.15) is 36.3 Å². The molecule has 0 fully saturated rings. The zero-order valence-corrected chi connectivity index (χ0v) is 14.3. The van der Waals surface area contributed by atoms with Gasteiger partial charge >= 0.3 is 0 Å². The van der Waals surface area contributed by atoms with Gasteiger partial charge in [-0.2, -0.15) is 0 Å². The number of amides is 1.